The Labute approximate surface area is 223 Å². The van der Waals surface area contributed by atoms with Crippen molar-refractivity contribution in [2.45, 2.75) is 29.7 Å². The molecule has 6 rings (SSSR count). The van der Waals surface area contributed by atoms with E-state index in [1.54, 1.807) is 31.3 Å². The topological polar surface area (TPSA) is 144 Å². The zero-order valence-electron chi connectivity index (χ0n) is 20.3. The van der Waals surface area contributed by atoms with Crippen molar-refractivity contribution in [3.63, 3.8) is 0 Å². The van der Waals surface area contributed by atoms with Crippen molar-refractivity contribution in [3.8, 4) is 11.6 Å². The molecule has 0 spiro atoms. The molecule has 4 N–H and O–H groups in total. The van der Waals surface area contributed by atoms with E-state index in [0.29, 0.717) is 56.1 Å². The van der Waals surface area contributed by atoms with Gasteiger partial charge in [0.05, 0.1) is 30.1 Å². The van der Waals surface area contributed by atoms with Crippen LogP contribution in [0.1, 0.15) is 24.2 Å². The summed E-state index contributed by atoms with van der Waals surface area (Å²) in [6.45, 7) is -0.492. The van der Waals surface area contributed by atoms with Gasteiger partial charge in [0.1, 0.15) is 17.2 Å². The van der Waals surface area contributed by atoms with E-state index in [9.17, 15) is 18.4 Å². The second-order valence-corrected chi connectivity index (χ2v) is 9.56. The lowest BCUT2D eigenvalue weighted by Crippen LogP contribution is -2.39. The number of ether oxygens (including phenoxy) is 3. The summed E-state index contributed by atoms with van der Waals surface area (Å²) in [6.07, 6.45) is 0.808. The standard InChI is InChI=1S/C25H21F2N5O6S/c1-2-35-25(34)38-22-21-12(8-29-22)19(20-15(30-21)9-28-10-16(20)33)17-5-6-18(37-17)39-24-31-13-4-3-11(36-23(26)27)7-14(13)32-24/h3-8,19,23,28-30H,2,9-10H2,1H3,(H,31,32). The molecule has 0 saturated heterocycles. The number of aromatic nitrogens is 3. The number of ketones is 1. The predicted octanol–water partition coefficient (Wildman–Crippen LogP) is 4.76. The summed E-state index contributed by atoms with van der Waals surface area (Å²) in [6, 6.07) is 7.98. The number of furan rings is 1. The smallest absolute Gasteiger partial charge is 0.453 e. The summed E-state index contributed by atoms with van der Waals surface area (Å²) in [5.74, 6) is 0.0529. The van der Waals surface area contributed by atoms with Crippen molar-refractivity contribution < 1.29 is 37.0 Å². The van der Waals surface area contributed by atoms with Crippen molar-refractivity contribution in [2.75, 3.05) is 25.0 Å². The van der Waals surface area contributed by atoms with Crippen LogP contribution < -0.4 is 20.1 Å². The molecule has 4 aromatic rings. The molecule has 0 aliphatic carbocycles. The Hall–Kier alpha value is -4.30. The summed E-state index contributed by atoms with van der Waals surface area (Å²) in [5.41, 5.74) is 3.50. The molecule has 1 atom stereocenters. The number of benzene rings is 1. The number of anilines is 1. The number of imidazole rings is 1. The molecule has 0 bridgehead atoms. The van der Waals surface area contributed by atoms with E-state index in [-0.39, 0.29) is 30.6 Å². The van der Waals surface area contributed by atoms with Gasteiger partial charge in [0.25, 0.3) is 0 Å². The number of carbonyl (C=O) groups excluding carboxylic acids is 2. The zero-order chi connectivity index (χ0) is 27.1. The van der Waals surface area contributed by atoms with E-state index in [1.807, 2.05) is 0 Å². The Kier molecular flexibility index (Phi) is 6.48. The van der Waals surface area contributed by atoms with Crippen molar-refractivity contribution in [3.05, 3.63) is 59.1 Å². The van der Waals surface area contributed by atoms with E-state index < -0.39 is 18.7 Å². The fourth-order valence-electron chi connectivity index (χ4n) is 4.62. The Bertz CT molecular complexity index is 1610. The number of halogens is 2. The van der Waals surface area contributed by atoms with Crippen LogP contribution in [0.5, 0.6) is 11.6 Å². The molecule has 3 aromatic heterocycles. The second kappa shape index (κ2) is 10.1. The van der Waals surface area contributed by atoms with Gasteiger partial charge in [-0.25, -0.2) is 9.78 Å². The van der Waals surface area contributed by atoms with E-state index in [0.717, 1.165) is 0 Å². The third-order valence-corrected chi connectivity index (χ3v) is 6.96. The second-order valence-electron chi connectivity index (χ2n) is 8.57. The molecule has 2 aliphatic rings. The highest BCUT2D eigenvalue weighted by Gasteiger charge is 2.39. The monoisotopic (exact) mass is 557 g/mol. The largest absolute Gasteiger partial charge is 0.515 e. The number of nitrogens with zero attached hydrogens (tertiary/aromatic N) is 1. The summed E-state index contributed by atoms with van der Waals surface area (Å²) < 4.78 is 45.9. The van der Waals surface area contributed by atoms with E-state index >= 15 is 0 Å². The van der Waals surface area contributed by atoms with Gasteiger partial charge in [-0.2, -0.15) is 8.78 Å². The minimum atomic E-state index is -2.92. The van der Waals surface area contributed by atoms with Crippen molar-refractivity contribution in [1.29, 1.82) is 0 Å². The number of fused-ring (bicyclic) bond motifs is 2. The normalized spacial score (nSPS) is 16.7. The average Bonchev–Trinajstić information content (AvgIpc) is 3.62. The summed E-state index contributed by atoms with van der Waals surface area (Å²) >= 11 is 1.20. The number of hydrogen-bond donors (Lipinski definition) is 4. The van der Waals surface area contributed by atoms with E-state index in [4.69, 9.17) is 13.9 Å². The first-order chi connectivity index (χ1) is 18.9. The minimum absolute atomic E-state index is 0.0215. The molecular formula is C25H21F2N5O6S. The van der Waals surface area contributed by atoms with Crippen LogP contribution in [0.15, 0.2) is 62.5 Å². The fourth-order valence-corrected chi connectivity index (χ4v) is 5.39. The van der Waals surface area contributed by atoms with Crippen LogP contribution in [-0.4, -0.2) is 53.2 Å². The lowest BCUT2D eigenvalue weighted by atomic mass is 9.82. The number of nitrogens with one attached hydrogen (secondary N) is 4. The molecule has 0 fully saturated rings. The fraction of sp³-hybridized carbons (Fsp3) is 0.240. The van der Waals surface area contributed by atoms with Gasteiger partial charge in [0.15, 0.2) is 16.0 Å². The van der Waals surface area contributed by atoms with Crippen LogP contribution in [0, 0.1) is 0 Å². The molecule has 39 heavy (non-hydrogen) atoms. The molecule has 0 radical (unpaired) electrons. The Balaban J connectivity index is 1.30. The highest BCUT2D eigenvalue weighted by atomic mass is 32.2. The van der Waals surface area contributed by atoms with E-state index in [1.165, 1.54) is 23.9 Å². The molecular weight excluding hydrogens is 536 g/mol. The van der Waals surface area contributed by atoms with Crippen LogP contribution in [0.2, 0.25) is 0 Å². The number of Topliss-reactive ketones (excluding diaryl/α,β-unsaturated/α-hetero) is 1. The first kappa shape index (κ1) is 25.0. The Morgan fingerprint density at radius 2 is 2.13 bits per heavy atom. The third-order valence-electron chi connectivity index (χ3n) is 6.15. The van der Waals surface area contributed by atoms with E-state index in [2.05, 4.69) is 30.3 Å². The first-order valence-electron chi connectivity index (χ1n) is 11.9. The van der Waals surface area contributed by atoms with Crippen molar-refractivity contribution in [2.24, 2.45) is 0 Å². The lowest BCUT2D eigenvalue weighted by molar-refractivity contribution is -0.115. The van der Waals surface area contributed by atoms with Gasteiger partial charge in [0, 0.05) is 35.6 Å². The van der Waals surface area contributed by atoms with Gasteiger partial charge in [-0.1, -0.05) is 0 Å². The molecule has 0 saturated carbocycles. The average molecular weight is 558 g/mol. The molecule has 202 valence electrons. The molecule has 0 amide bonds. The molecule has 1 aromatic carbocycles. The summed E-state index contributed by atoms with van der Waals surface area (Å²) in [4.78, 5) is 35.4. The Morgan fingerprint density at radius 3 is 2.95 bits per heavy atom. The highest BCUT2D eigenvalue weighted by molar-refractivity contribution is 7.99. The van der Waals surface area contributed by atoms with Gasteiger partial charge in [-0.15, -0.1) is 0 Å². The van der Waals surface area contributed by atoms with Crippen LogP contribution in [0.25, 0.3) is 11.0 Å². The molecule has 14 heteroatoms. The van der Waals surface area contributed by atoms with Gasteiger partial charge in [-0.3, -0.25) is 4.79 Å². The Morgan fingerprint density at radius 1 is 1.26 bits per heavy atom. The van der Waals surface area contributed by atoms with Gasteiger partial charge >= 0.3 is 12.8 Å². The maximum absolute atomic E-state index is 13.0. The van der Waals surface area contributed by atoms with Crippen LogP contribution in [-0.2, 0) is 9.53 Å². The molecule has 1 unspecified atom stereocenters. The SMILES string of the molecule is CCOC(=O)Oc1[nH]cc2c1NC1=C(C(=O)CNC1)C2c1ccc(Sc2nc3ccc(OC(F)F)cc3[nH]2)o1. The minimum Gasteiger partial charge on any atom is -0.453 e. The van der Waals surface area contributed by atoms with Crippen molar-refractivity contribution in [1.82, 2.24) is 20.3 Å². The first-order valence-corrected chi connectivity index (χ1v) is 12.7. The molecule has 11 nitrogen and oxygen atoms in total. The maximum atomic E-state index is 13.0. The van der Waals surface area contributed by atoms with Crippen LogP contribution in [0.4, 0.5) is 19.3 Å². The predicted molar refractivity (Wildman–Crippen MR) is 134 cm³/mol. The van der Waals surface area contributed by atoms with Crippen LogP contribution in [0.3, 0.4) is 0 Å². The van der Waals surface area contributed by atoms with Crippen molar-refractivity contribution >= 4 is 40.4 Å². The maximum Gasteiger partial charge on any atom is 0.515 e. The van der Waals surface area contributed by atoms with Gasteiger partial charge < -0.3 is 39.2 Å². The number of H-pyrrole nitrogens is 2. The quantitative estimate of drug-likeness (QED) is 0.235. The number of carbonyl (C=O) groups is 2. The lowest BCUT2D eigenvalue weighted by Gasteiger charge is -2.31. The number of hydrogen-bond acceptors (Lipinski definition) is 10. The molecule has 5 heterocycles. The summed E-state index contributed by atoms with van der Waals surface area (Å²) in [5, 5.41) is 7.26. The molecule has 2 aliphatic heterocycles. The third kappa shape index (κ3) is 4.83. The van der Waals surface area contributed by atoms with Crippen LogP contribution >= 0.6 is 11.8 Å². The van der Waals surface area contributed by atoms with Gasteiger partial charge in [0.2, 0.25) is 5.88 Å². The van der Waals surface area contributed by atoms with Gasteiger partial charge in [-0.05, 0) is 43.0 Å². The number of alkyl halides is 2. The zero-order valence-corrected chi connectivity index (χ0v) is 21.1. The number of aromatic amines is 2. The number of rotatable bonds is 7. The summed E-state index contributed by atoms with van der Waals surface area (Å²) in [7, 11) is 0. The highest BCUT2D eigenvalue weighted by Crippen LogP contribution is 2.47.